The molecule has 0 saturated carbocycles. The topological polar surface area (TPSA) is 78.9 Å². The Bertz CT molecular complexity index is 521. The van der Waals surface area contributed by atoms with Crippen LogP contribution in [0.25, 0.3) is 0 Å². The summed E-state index contributed by atoms with van der Waals surface area (Å²) in [5, 5.41) is 0. The van der Waals surface area contributed by atoms with Crippen LogP contribution in [0.4, 0.5) is 0 Å². The van der Waals surface area contributed by atoms with Gasteiger partial charge in [-0.3, -0.25) is 0 Å². The number of hydrogen-bond acceptors (Lipinski definition) is 6. The molecule has 0 spiro atoms. The van der Waals surface area contributed by atoms with Crippen LogP contribution in [0.3, 0.4) is 0 Å². The molecule has 0 bridgehead atoms. The van der Waals surface area contributed by atoms with Gasteiger partial charge in [0.2, 0.25) is 0 Å². The predicted molar refractivity (Wildman–Crippen MR) is 76.2 cm³/mol. The number of hydrogen-bond donors (Lipinski definition) is 0. The minimum atomic E-state index is -4.42. The van der Waals surface area contributed by atoms with Crippen molar-refractivity contribution in [2.24, 2.45) is 0 Å². The van der Waals surface area contributed by atoms with Crippen LogP contribution in [-0.4, -0.2) is 19.4 Å². The third-order valence-electron chi connectivity index (χ3n) is 5.07. The summed E-state index contributed by atoms with van der Waals surface area (Å²) in [5.41, 5.74) is 5.02. The average Bonchev–Trinajstić information content (AvgIpc) is 2.90. The van der Waals surface area contributed by atoms with Gasteiger partial charge >= 0.3 is 139 Å². The van der Waals surface area contributed by atoms with Crippen molar-refractivity contribution in [3.05, 3.63) is 22.3 Å². The van der Waals surface area contributed by atoms with E-state index in [-0.39, 0.29) is 23.6 Å². The van der Waals surface area contributed by atoms with Crippen molar-refractivity contribution in [2.75, 3.05) is 0 Å². The van der Waals surface area contributed by atoms with E-state index in [0.717, 1.165) is 51.4 Å². The summed E-state index contributed by atoms with van der Waals surface area (Å²) in [6.07, 6.45) is 8.16. The maximum atomic E-state index is 11.0. The normalized spacial score (nSPS) is 21.4. The maximum absolute atomic E-state index is 11.0. The Kier molecular flexibility index (Phi) is 5.02. The molecule has 0 aromatic carbocycles. The summed E-state index contributed by atoms with van der Waals surface area (Å²) in [7, 11) is 0. The van der Waals surface area contributed by atoms with Gasteiger partial charge in [-0.25, -0.2) is 0 Å². The van der Waals surface area contributed by atoms with Crippen LogP contribution in [0.2, 0.25) is 4.22 Å². The first-order valence-electron chi connectivity index (χ1n) is 8.06. The van der Waals surface area contributed by atoms with E-state index < -0.39 is 17.8 Å². The Morgan fingerprint density at radius 3 is 1.48 bits per heavy atom. The van der Waals surface area contributed by atoms with Crippen LogP contribution < -0.4 is 0 Å². The fourth-order valence-electron chi connectivity index (χ4n) is 4.31. The van der Waals surface area contributed by atoms with Crippen LogP contribution in [0.1, 0.15) is 51.4 Å². The molecule has 23 heavy (non-hydrogen) atoms. The Morgan fingerprint density at radius 2 is 1.09 bits per heavy atom. The fraction of sp³-hybridized carbons (Fsp3) is 0.562. The van der Waals surface area contributed by atoms with E-state index in [0.29, 0.717) is 0 Å². The van der Waals surface area contributed by atoms with Gasteiger partial charge in [-0.05, 0) is 0 Å². The molecule has 0 atom stereocenters. The van der Waals surface area contributed by atoms with Gasteiger partial charge in [-0.2, -0.15) is 0 Å². The zero-order chi connectivity index (χ0) is 16.3. The Morgan fingerprint density at radius 1 is 0.696 bits per heavy atom. The standard InChI is InChI=1S/C13H17.3CH2O2.Ti/c1-3-7-12-10(5-1)9-11-6-2-4-8-13(11)12;3*2-1-3;/h9H,1-8H2;3*1H,(H,2,3);/q;;;;+3/p-3. The number of fused-ring (bicyclic) bond motifs is 1. The number of carbonyl (C=O) groups is 3. The summed E-state index contributed by atoms with van der Waals surface area (Å²) in [6, 6.07) is 0. The van der Waals surface area contributed by atoms with Gasteiger partial charge in [0.1, 0.15) is 0 Å². The van der Waals surface area contributed by atoms with Gasteiger partial charge in [0.15, 0.2) is 0 Å². The average molecular weight is 356 g/mol. The molecule has 3 aliphatic carbocycles. The first-order chi connectivity index (χ1) is 11.3. The molecule has 0 aromatic heterocycles. The molecule has 0 fully saturated rings. The van der Waals surface area contributed by atoms with Crippen LogP contribution >= 0.6 is 0 Å². The molecule has 0 unspecified atom stereocenters. The molecule has 0 heterocycles. The van der Waals surface area contributed by atoms with E-state index in [1.807, 2.05) is 0 Å². The van der Waals surface area contributed by atoms with Gasteiger partial charge in [0, 0.05) is 0 Å². The van der Waals surface area contributed by atoms with E-state index >= 15 is 0 Å². The third-order valence-corrected chi connectivity index (χ3v) is 9.26. The van der Waals surface area contributed by atoms with Crippen LogP contribution in [0.15, 0.2) is 22.3 Å². The molecule has 0 saturated heterocycles. The molecule has 0 N–H and O–H groups in total. The molecule has 0 amide bonds. The van der Waals surface area contributed by atoms with Crippen molar-refractivity contribution in [3.8, 4) is 0 Å². The zero-order valence-electron chi connectivity index (χ0n) is 12.9. The quantitative estimate of drug-likeness (QED) is 0.516. The van der Waals surface area contributed by atoms with Crippen molar-refractivity contribution >= 4 is 19.4 Å². The van der Waals surface area contributed by atoms with Crippen LogP contribution in [0.5, 0.6) is 0 Å². The number of allylic oxidation sites excluding steroid dienone is 4. The second kappa shape index (κ2) is 7.01. The van der Waals surface area contributed by atoms with Gasteiger partial charge in [0.05, 0.1) is 0 Å². The van der Waals surface area contributed by atoms with E-state index in [4.69, 9.17) is 9.96 Å². The molecule has 124 valence electrons. The second-order valence-corrected chi connectivity index (χ2v) is 9.99. The van der Waals surface area contributed by atoms with Gasteiger partial charge in [-0.15, -0.1) is 0 Å². The molecular formula is C16H20O6Ti. The van der Waals surface area contributed by atoms with Gasteiger partial charge in [0.25, 0.3) is 0 Å². The number of rotatable bonds is 7. The molecule has 3 rings (SSSR count). The van der Waals surface area contributed by atoms with Gasteiger partial charge < -0.3 is 0 Å². The summed E-state index contributed by atoms with van der Waals surface area (Å²) in [6.45, 7) is 0.742. The molecular weight excluding hydrogens is 336 g/mol. The monoisotopic (exact) mass is 356 g/mol. The summed E-state index contributed by atoms with van der Waals surface area (Å²) < 4.78 is 15.4. The summed E-state index contributed by atoms with van der Waals surface area (Å²) >= 11 is -4.42. The van der Waals surface area contributed by atoms with E-state index in [9.17, 15) is 14.4 Å². The fourth-order valence-corrected chi connectivity index (χ4v) is 8.16. The molecule has 7 heteroatoms. The Balaban J connectivity index is 2.10. The Labute approximate surface area is 139 Å². The van der Waals surface area contributed by atoms with E-state index in [1.54, 1.807) is 0 Å². The van der Waals surface area contributed by atoms with E-state index in [2.05, 4.69) is 0 Å². The van der Waals surface area contributed by atoms with Crippen LogP contribution in [0, 0.1) is 0 Å². The van der Waals surface area contributed by atoms with Crippen molar-refractivity contribution in [1.29, 1.82) is 0 Å². The van der Waals surface area contributed by atoms with Crippen molar-refractivity contribution in [3.63, 3.8) is 0 Å². The second-order valence-electron chi connectivity index (χ2n) is 6.10. The van der Waals surface area contributed by atoms with Crippen molar-refractivity contribution in [2.45, 2.75) is 55.6 Å². The zero-order valence-corrected chi connectivity index (χ0v) is 14.5. The SMILES string of the molecule is O=C[O][Ti]([O]C=O)([O]C=O)[CH]1C2=C(CCCC2)C2=C1CCCC2. The number of carbonyl (C=O) groups excluding carboxylic acids is 3. The van der Waals surface area contributed by atoms with Crippen LogP contribution in [-0.2, 0) is 42.1 Å². The first-order valence-corrected chi connectivity index (χ1v) is 10.9. The molecule has 0 aromatic rings. The van der Waals surface area contributed by atoms with Crippen molar-refractivity contribution in [1.82, 2.24) is 0 Å². The molecule has 0 aliphatic heterocycles. The van der Waals surface area contributed by atoms with E-state index in [1.165, 1.54) is 22.3 Å². The van der Waals surface area contributed by atoms with Crippen molar-refractivity contribution < 1.29 is 42.1 Å². The minimum absolute atomic E-state index is 0.247. The summed E-state index contributed by atoms with van der Waals surface area (Å²) in [5.74, 6) is 0. The third kappa shape index (κ3) is 2.78. The first kappa shape index (κ1) is 16.5. The molecule has 3 aliphatic rings. The molecule has 6 nitrogen and oxygen atoms in total. The molecule has 0 radical (unpaired) electrons. The van der Waals surface area contributed by atoms with Gasteiger partial charge in [-0.1, -0.05) is 0 Å². The summed E-state index contributed by atoms with van der Waals surface area (Å²) in [4.78, 5) is 33.1. The predicted octanol–water partition coefficient (Wildman–Crippen LogP) is 2.95. The Hall–Kier alpha value is -1.40.